The Morgan fingerprint density at radius 1 is 1.25 bits per heavy atom. The predicted molar refractivity (Wildman–Crippen MR) is 105 cm³/mol. The van der Waals surface area contributed by atoms with Gasteiger partial charge in [-0.3, -0.25) is 14.3 Å². The Balaban J connectivity index is 1.86. The minimum absolute atomic E-state index is 0.0234. The number of nitrogens with one attached hydrogen (secondary N) is 1. The van der Waals surface area contributed by atoms with Crippen LogP contribution < -0.4 is 5.32 Å². The first kappa shape index (κ1) is 20.4. The van der Waals surface area contributed by atoms with E-state index in [1.165, 1.54) is 11.5 Å². The molecule has 1 fully saturated rings. The molecule has 3 atom stereocenters. The van der Waals surface area contributed by atoms with Gasteiger partial charge >= 0.3 is 0 Å². The maximum atomic E-state index is 13.1. The van der Waals surface area contributed by atoms with Crippen molar-refractivity contribution in [3.63, 3.8) is 0 Å². The standard InChI is InChI=1S/C19H27N5O3S/c1-4-24-17(15-9-11-20-12-10-15)22-23-19(24)28(26,27)14(3)18(25)21-16-8-6-5-7-13(16)2/h9-14,16H,4-8H2,1-3H3,(H,21,25)/t13-,14+,16-/m0/s1. The molecule has 1 aliphatic carbocycles. The first-order valence-electron chi connectivity index (χ1n) is 9.74. The van der Waals surface area contributed by atoms with Crippen LogP contribution in [0.15, 0.2) is 29.7 Å². The average molecular weight is 406 g/mol. The number of rotatable bonds is 6. The van der Waals surface area contributed by atoms with Gasteiger partial charge in [0.1, 0.15) is 5.25 Å². The van der Waals surface area contributed by atoms with E-state index in [0.717, 1.165) is 31.2 Å². The molecule has 1 N–H and O–H groups in total. The zero-order valence-electron chi connectivity index (χ0n) is 16.5. The van der Waals surface area contributed by atoms with Crippen LogP contribution >= 0.6 is 0 Å². The smallest absolute Gasteiger partial charge is 0.250 e. The number of sulfone groups is 1. The van der Waals surface area contributed by atoms with Crippen molar-refractivity contribution in [2.75, 3.05) is 0 Å². The number of pyridine rings is 1. The van der Waals surface area contributed by atoms with Crippen molar-refractivity contribution in [3.05, 3.63) is 24.5 Å². The quantitative estimate of drug-likeness (QED) is 0.790. The number of nitrogens with zero attached hydrogens (tertiary/aromatic N) is 4. The second-order valence-electron chi connectivity index (χ2n) is 7.35. The van der Waals surface area contributed by atoms with E-state index in [4.69, 9.17) is 0 Å². The number of hydrogen-bond acceptors (Lipinski definition) is 6. The van der Waals surface area contributed by atoms with Crippen LogP contribution in [0.5, 0.6) is 0 Å². The lowest BCUT2D eigenvalue weighted by Crippen LogP contribution is -2.47. The Morgan fingerprint density at radius 2 is 1.93 bits per heavy atom. The average Bonchev–Trinajstić information content (AvgIpc) is 3.14. The lowest BCUT2D eigenvalue weighted by molar-refractivity contribution is -0.121. The van der Waals surface area contributed by atoms with Crippen molar-refractivity contribution in [1.29, 1.82) is 0 Å². The van der Waals surface area contributed by atoms with E-state index in [9.17, 15) is 13.2 Å². The SMILES string of the molecule is CCn1c(-c2ccncc2)nnc1S(=O)(=O)[C@H](C)C(=O)N[C@H]1CCCC[C@@H]1C. The molecule has 2 aromatic rings. The molecule has 0 aromatic carbocycles. The van der Waals surface area contributed by atoms with Crippen molar-refractivity contribution in [1.82, 2.24) is 25.1 Å². The van der Waals surface area contributed by atoms with Crippen LogP contribution in [0, 0.1) is 5.92 Å². The van der Waals surface area contributed by atoms with E-state index in [0.29, 0.717) is 18.3 Å². The molecular weight excluding hydrogens is 378 g/mol. The molecule has 1 aliphatic rings. The lowest BCUT2D eigenvalue weighted by atomic mass is 9.86. The van der Waals surface area contributed by atoms with Gasteiger partial charge in [-0.2, -0.15) is 0 Å². The van der Waals surface area contributed by atoms with Crippen molar-refractivity contribution in [2.45, 2.75) is 69.4 Å². The number of aromatic nitrogens is 4. The van der Waals surface area contributed by atoms with Crippen LogP contribution in [0.1, 0.15) is 46.5 Å². The fourth-order valence-corrected chi connectivity index (χ4v) is 4.97. The predicted octanol–water partition coefficient (Wildman–Crippen LogP) is 2.22. The van der Waals surface area contributed by atoms with Crippen molar-refractivity contribution in [2.24, 2.45) is 5.92 Å². The number of carbonyl (C=O) groups excluding carboxylic acids is 1. The van der Waals surface area contributed by atoms with Crippen LogP contribution in [-0.2, 0) is 21.2 Å². The number of carbonyl (C=O) groups is 1. The summed E-state index contributed by atoms with van der Waals surface area (Å²) >= 11 is 0. The maximum absolute atomic E-state index is 13.1. The Hall–Kier alpha value is -2.29. The summed E-state index contributed by atoms with van der Waals surface area (Å²) in [6, 6.07) is 3.51. The molecule has 8 nitrogen and oxygen atoms in total. The topological polar surface area (TPSA) is 107 Å². The van der Waals surface area contributed by atoms with Gasteiger partial charge < -0.3 is 5.32 Å². The highest BCUT2D eigenvalue weighted by Crippen LogP contribution is 2.25. The molecule has 0 unspecified atom stereocenters. The minimum atomic E-state index is -3.97. The van der Waals surface area contributed by atoms with Gasteiger partial charge in [-0.1, -0.05) is 19.8 Å². The third-order valence-electron chi connectivity index (χ3n) is 5.50. The van der Waals surface area contributed by atoms with Crippen molar-refractivity contribution < 1.29 is 13.2 Å². The fraction of sp³-hybridized carbons (Fsp3) is 0.579. The minimum Gasteiger partial charge on any atom is -0.352 e. The second kappa shape index (κ2) is 8.38. The molecule has 0 saturated heterocycles. The first-order chi connectivity index (χ1) is 13.4. The van der Waals surface area contributed by atoms with Crippen LogP contribution in [0.3, 0.4) is 0 Å². The summed E-state index contributed by atoms with van der Waals surface area (Å²) in [6.07, 6.45) is 7.36. The molecule has 9 heteroatoms. The normalized spacial score (nSPS) is 21.2. The van der Waals surface area contributed by atoms with Gasteiger partial charge in [-0.25, -0.2) is 8.42 Å². The summed E-state index contributed by atoms with van der Waals surface area (Å²) in [7, 11) is -3.97. The van der Waals surface area contributed by atoms with E-state index in [1.807, 2.05) is 6.92 Å². The summed E-state index contributed by atoms with van der Waals surface area (Å²) in [6.45, 7) is 5.70. The molecule has 0 aliphatic heterocycles. The molecule has 0 spiro atoms. The zero-order chi connectivity index (χ0) is 20.3. The Morgan fingerprint density at radius 3 is 2.57 bits per heavy atom. The highest BCUT2D eigenvalue weighted by molar-refractivity contribution is 7.92. The summed E-state index contributed by atoms with van der Waals surface area (Å²) in [5.74, 6) is 0.317. The maximum Gasteiger partial charge on any atom is 0.250 e. The van der Waals surface area contributed by atoms with Gasteiger partial charge in [-0.05, 0) is 44.7 Å². The third-order valence-corrected chi connectivity index (χ3v) is 7.46. The molecule has 28 heavy (non-hydrogen) atoms. The van der Waals surface area contributed by atoms with Crippen LogP contribution in [0.25, 0.3) is 11.4 Å². The number of amides is 1. The van der Waals surface area contributed by atoms with Crippen LogP contribution in [0.4, 0.5) is 0 Å². The van der Waals surface area contributed by atoms with Crippen LogP contribution in [-0.4, -0.2) is 45.4 Å². The molecule has 152 valence electrons. The van der Waals surface area contributed by atoms with Crippen molar-refractivity contribution >= 4 is 15.7 Å². The Kier molecular flexibility index (Phi) is 6.12. The molecule has 2 heterocycles. The highest BCUT2D eigenvalue weighted by atomic mass is 32.2. The zero-order valence-corrected chi connectivity index (χ0v) is 17.3. The molecular formula is C19H27N5O3S. The van der Waals surface area contributed by atoms with Gasteiger partial charge in [0.2, 0.25) is 15.7 Å². The summed E-state index contributed by atoms with van der Waals surface area (Å²) in [5, 5.41) is 9.51. The highest BCUT2D eigenvalue weighted by Gasteiger charge is 2.36. The summed E-state index contributed by atoms with van der Waals surface area (Å²) in [5.41, 5.74) is 0.721. The molecule has 1 saturated carbocycles. The van der Waals surface area contributed by atoms with E-state index in [1.54, 1.807) is 24.5 Å². The van der Waals surface area contributed by atoms with Crippen LogP contribution in [0.2, 0.25) is 0 Å². The monoisotopic (exact) mass is 405 g/mol. The van der Waals surface area contributed by atoms with E-state index in [-0.39, 0.29) is 11.2 Å². The van der Waals surface area contributed by atoms with Gasteiger partial charge in [0.25, 0.3) is 5.16 Å². The molecule has 2 aromatic heterocycles. The number of hydrogen-bond donors (Lipinski definition) is 1. The van der Waals surface area contributed by atoms with Gasteiger partial charge in [0.15, 0.2) is 5.82 Å². The summed E-state index contributed by atoms with van der Waals surface area (Å²) in [4.78, 5) is 16.7. The van der Waals surface area contributed by atoms with E-state index in [2.05, 4.69) is 27.4 Å². The largest absolute Gasteiger partial charge is 0.352 e. The molecule has 0 radical (unpaired) electrons. The third kappa shape index (κ3) is 3.94. The fourth-order valence-electron chi connectivity index (χ4n) is 3.63. The Labute approximate surface area is 165 Å². The first-order valence-corrected chi connectivity index (χ1v) is 11.3. The Bertz CT molecular complexity index is 926. The van der Waals surface area contributed by atoms with Crippen molar-refractivity contribution in [3.8, 4) is 11.4 Å². The van der Waals surface area contributed by atoms with Gasteiger partial charge in [0.05, 0.1) is 0 Å². The molecule has 3 rings (SSSR count). The van der Waals surface area contributed by atoms with E-state index >= 15 is 0 Å². The molecule has 0 bridgehead atoms. The van der Waals surface area contributed by atoms with Gasteiger partial charge in [-0.15, -0.1) is 10.2 Å². The summed E-state index contributed by atoms with van der Waals surface area (Å²) < 4.78 is 27.8. The van der Waals surface area contributed by atoms with E-state index < -0.39 is 21.0 Å². The lowest BCUT2D eigenvalue weighted by Gasteiger charge is -2.30. The van der Waals surface area contributed by atoms with Gasteiger partial charge in [0, 0.05) is 30.5 Å². The second-order valence-corrected chi connectivity index (χ2v) is 9.51. The molecule has 1 amide bonds.